The minimum atomic E-state index is -1.50. The number of anilines is 1. The van der Waals surface area contributed by atoms with E-state index in [0.29, 0.717) is 17.0 Å². The van der Waals surface area contributed by atoms with Crippen molar-refractivity contribution in [3.63, 3.8) is 0 Å². The van der Waals surface area contributed by atoms with Crippen LogP contribution in [0.5, 0.6) is 5.75 Å². The average molecular weight is 347 g/mol. The van der Waals surface area contributed by atoms with Gasteiger partial charge in [0.1, 0.15) is 30.2 Å². The van der Waals surface area contributed by atoms with E-state index in [0.717, 1.165) is 0 Å². The van der Waals surface area contributed by atoms with E-state index in [1.807, 2.05) is 6.26 Å². The normalized spacial score (nSPS) is 31.0. The Morgan fingerprint density at radius 2 is 1.91 bits per heavy atom. The van der Waals surface area contributed by atoms with E-state index >= 15 is 0 Å². The predicted molar refractivity (Wildman–Crippen MR) is 83.9 cm³/mol. The van der Waals surface area contributed by atoms with Gasteiger partial charge in [0.2, 0.25) is 6.29 Å². The van der Waals surface area contributed by atoms with E-state index in [9.17, 15) is 25.5 Å². The summed E-state index contributed by atoms with van der Waals surface area (Å²) < 4.78 is 13.9. The molecule has 5 atom stereocenters. The van der Waals surface area contributed by atoms with E-state index in [2.05, 4.69) is 4.72 Å². The van der Waals surface area contributed by atoms with Crippen LogP contribution in [0.3, 0.4) is 0 Å². The number of aliphatic hydroxyl groups excluding tert-OH is 5. The van der Waals surface area contributed by atoms with Crippen molar-refractivity contribution in [1.82, 2.24) is 0 Å². The van der Waals surface area contributed by atoms with Crippen LogP contribution in [0.25, 0.3) is 0 Å². The van der Waals surface area contributed by atoms with Gasteiger partial charge in [-0.05, 0) is 17.7 Å². The molecule has 1 heterocycles. The first kappa shape index (κ1) is 18.3. The zero-order chi connectivity index (χ0) is 17.0. The monoisotopic (exact) mass is 347 g/mol. The summed E-state index contributed by atoms with van der Waals surface area (Å²) in [6.45, 7) is -0.659. The first-order chi connectivity index (χ1) is 11.0. The van der Waals surface area contributed by atoms with E-state index in [1.54, 1.807) is 18.2 Å². The van der Waals surface area contributed by atoms with E-state index < -0.39 is 37.3 Å². The zero-order valence-electron chi connectivity index (χ0n) is 12.5. The van der Waals surface area contributed by atoms with Crippen LogP contribution in [0.4, 0.5) is 5.69 Å². The highest BCUT2D eigenvalue weighted by atomic mass is 32.2. The van der Waals surface area contributed by atoms with Crippen LogP contribution in [0, 0.1) is 0 Å². The SMILES string of the molecule is CSNc1cc(CO)ccc1OC1OC(CO)C(O)C(O)C1O. The molecule has 23 heavy (non-hydrogen) atoms. The molecule has 1 aromatic rings. The van der Waals surface area contributed by atoms with Gasteiger partial charge in [0.25, 0.3) is 0 Å². The topological polar surface area (TPSA) is 132 Å². The molecule has 1 fully saturated rings. The molecule has 0 bridgehead atoms. The molecule has 0 amide bonds. The van der Waals surface area contributed by atoms with Crippen molar-refractivity contribution >= 4 is 17.6 Å². The van der Waals surface area contributed by atoms with Crippen LogP contribution in [0.1, 0.15) is 5.56 Å². The van der Waals surface area contributed by atoms with Crippen molar-refractivity contribution in [2.45, 2.75) is 37.3 Å². The lowest BCUT2D eigenvalue weighted by molar-refractivity contribution is -0.277. The molecule has 1 aromatic carbocycles. The molecule has 6 N–H and O–H groups in total. The minimum Gasteiger partial charge on any atom is -0.460 e. The van der Waals surface area contributed by atoms with E-state index in [-0.39, 0.29) is 6.61 Å². The maximum absolute atomic E-state index is 10.00. The summed E-state index contributed by atoms with van der Waals surface area (Å²) in [6, 6.07) is 4.91. The van der Waals surface area contributed by atoms with E-state index in [4.69, 9.17) is 9.47 Å². The Labute approximate surface area is 137 Å². The van der Waals surface area contributed by atoms with Crippen LogP contribution in [0.2, 0.25) is 0 Å². The minimum absolute atomic E-state index is 0.136. The molecule has 0 spiro atoms. The maximum Gasteiger partial charge on any atom is 0.229 e. The van der Waals surface area contributed by atoms with Crippen molar-refractivity contribution in [1.29, 1.82) is 0 Å². The maximum atomic E-state index is 10.00. The van der Waals surface area contributed by atoms with Crippen LogP contribution in [-0.2, 0) is 11.3 Å². The number of nitrogens with one attached hydrogen (secondary N) is 1. The molecule has 1 aliphatic rings. The highest BCUT2D eigenvalue weighted by Crippen LogP contribution is 2.31. The van der Waals surface area contributed by atoms with Crippen molar-refractivity contribution < 1.29 is 35.0 Å². The zero-order valence-corrected chi connectivity index (χ0v) is 13.3. The Morgan fingerprint density at radius 3 is 2.52 bits per heavy atom. The number of hydrogen-bond donors (Lipinski definition) is 6. The van der Waals surface area contributed by atoms with Crippen LogP contribution >= 0.6 is 11.9 Å². The molecule has 0 aromatic heterocycles. The van der Waals surface area contributed by atoms with Gasteiger partial charge in [0, 0.05) is 6.26 Å². The lowest BCUT2D eigenvalue weighted by Gasteiger charge is -2.39. The molecular formula is C14H21NO7S. The van der Waals surface area contributed by atoms with Gasteiger partial charge >= 0.3 is 0 Å². The Balaban J connectivity index is 2.20. The fourth-order valence-corrected chi connectivity index (χ4v) is 2.64. The van der Waals surface area contributed by atoms with Gasteiger partial charge in [0.15, 0.2) is 0 Å². The first-order valence-corrected chi connectivity index (χ1v) is 8.24. The fraction of sp³-hybridized carbons (Fsp3) is 0.571. The van der Waals surface area contributed by atoms with Crippen molar-refractivity contribution in [2.24, 2.45) is 0 Å². The average Bonchev–Trinajstić information content (AvgIpc) is 2.56. The first-order valence-electron chi connectivity index (χ1n) is 7.01. The highest BCUT2D eigenvalue weighted by Gasteiger charge is 2.44. The molecule has 5 unspecified atom stereocenters. The largest absolute Gasteiger partial charge is 0.460 e. The summed E-state index contributed by atoms with van der Waals surface area (Å²) in [6.07, 6.45) is -4.90. The third-order valence-electron chi connectivity index (χ3n) is 3.53. The number of hydrogen-bond acceptors (Lipinski definition) is 9. The molecule has 0 aliphatic carbocycles. The number of aliphatic hydroxyl groups is 5. The number of ether oxygens (including phenoxy) is 2. The van der Waals surface area contributed by atoms with Gasteiger partial charge in [0.05, 0.1) is 18.9 Å². The summed E-state index contributed by atoms with van der Waals surface area (Å²) in [5, 5.41) is 47.9. The standard InChI is InChI=1S/C14H21NO7S/c1-23-15-8-4-7(5-16)2-3-9(8)21-14-13(20)12(19)11(18)10(6-17)22-14/h2-4,10-20H,5-6H2,1H3. The molecule has 0 radical (unpaired) electrons. The third-order valence-corrected chi connectivity index (χ3v) is 3.95. The van der Waals surface area contributed by atoms with Gasteiger partial charge in [-0.1, -0.05) is 18.0 Å². The summed E-state index contributed by atoms with van der Waals surface area (Å²) >= 11 is 1.31. The Hall–Kier alpha value is -1.07. The smallest absolute Gasteiger partial charge is 0.229 e. The quantitative estimate of drug-likeness (QED) is 0.360. The second-order valence-electron chi connectivity index (χ2n) is 5.11. The lowest BCUT2D eigenvalue weighted by atomic mass is 9.99. The summed E-state index contributed by atoms with van der Waals surface area (Å²) in [4.78, 5) is 0. The van der Waals surface area contributed by atoms with Gasteiger partial charge < -0.3 is 39.7 Å². The van der Waals surface area contributed by atoms with Crippen molar-refractivity contribution in [2.75, 3.05) is 17.6 Å². The van der Waals surface area contributed by atoms with Crippen LogP contribution < -0.4 is 9.46 Å². The van der Waals surface area contributed by atoms with Gasteiger partial charge in [-0.2, -0.15) is 0 Å². The lowest BCUT2D eigenvalue weighted by Crippen LogP contribution is -2.60. The van der Waals surface area contributed by atoms with Crippen molar-refractivity contribution in [3.8, 4) is 5.75 Å². The molecule has 130 valence electrons. The Bertz CT molecular complexity index is 516. The van der Waals surface area contributed by atoms with E-state index in [1.165, 1.54) is 11.9 Å². The number of benzene rings is 1. The third kappa shape index (κ3) is 4.07. The fourth-order valence-electron chi connectivity index (χ4n) is 2.26. The Kier molecular flexibility index (Phi) is 6.48. The molecular weight excluding hydrogens is 326 g/mol. The summed E-state index contributed by atoms with van der Waals surface area (Å²) in [5.41, 5.74) is 1.23. The molecule has 0 saturated carbocycles. The molecule has 1 saturated heterocycles. The van der Waals surface area contributed by atoms with Crippen LogP contribution in [0.15, 0.2) is 18.2 Å². The highest BCUT2D eigenvalue weighted by molar-refractivity contribution is 7.99. The van der Waals surface area contributed by atoms with Gasteiger partial charge in [-0.25, -0.2) is 0 Å². The molecule has 2 rings (SSSR count). The van der Waals surface area contributed by atoms with Crippen molar-refractivity contribution in [3.05, 3.63) is 23.8 Å². The predicted octanol–water partition coefficient (Wildman–Crippen LogP) is -0.953. The number of rotatable bonds is 6. The molecule has 9 heteroatoms. The Morgan fingerprint density at radius 1 is 1.17 bits per heavy atom. The second-order valence-corrected chi connectivity index (χ2v) is 5.72. The second kappa shape index (κ2) is 8.15. The van der Waals surface area contributed by atoms with Crippen LogP contribution in [-0.4, -0.2) is 69.1 Å². The van der Waals surface area contributed by atoms with Gasteiger partial charge in [-0.3, -0.25) is 0 Å². The molecule has 1 aliphatic heterocycles. The molecule has 8 nitrogen and oxygen atoms in total. The summed E-state index contributed by atoms with van der Waals surface area (Å²) in [5.74, 6) is 0.334. The van der Waals surface area contributed by atoms with Gasteiger partial charge in [-0.15, -0.1) is 0 Å². The summed E-state index contributed by atoms with van der Waals surface area (Å²) in [7, 11) is 0.